The fraction of sp³-hybridized carbons (Fsp3) is 0.190. The number of hydrogen-bond donors (Lipinski definition) is 0. The molecule has 136 valence electrons. The molecule has 6 heteroatoms. The van der Waals surface area contributed by atoms with Crippen molar-refractivity contribution in [3.8, 4) is 11.4 Å². The zero-order chi connectivity index (χ0) is 19.1. The molecule has 0 bridgehead atoms. The summed E-state index contributed by atoms with van der Waals surface area (Å²) in [6.07, 6.45) is 0.633. The van der Waals surface area contributed by atoms with Crippen molar-refractivity contribution in [1.29, 1.82) is 0 Å². The monoisotopic (exact) mass is 379 g/mol. The molecule has 0 aliphatic heterocycles. The summed E-state index contributed by atoms with van der Waals surface area (Å²) in [5, 5.41) is 12.2. The van der Waals surface area contributed by atoms with Crippen molar-refractivity contribution in [3.63, 3.8) is 0 Å². The number of nitro benzene ring substituents is 1. The lowest BCUT2D eigenvalue weighted by Crippen LogP contribution is -2.02. The van der Waals surface area contributed by atoms with Crippen molar-refractivity contribution >= 4 is 33.7 Å². The first-order valence-corrected chi connectivity index (χ1v) is 9.26. The standard InChI is InChI=1S/C21H18ClN3O2/c1-13-14(2)23-21(15-6-4-3-5-7-15)24-19-9-8-16(25(26)27)12-18(19)17(10-11-22)20(13)24/h3-9,12H,10-11H2,1-2H3. The van der Waals surface area contributed by atoms with Crippen LogP contribution in [0.25, 0.3) is 27.8 Å². The Labute approximate surface area is 161 Å². The molecule has 0 amide bonds. The van der Waals surface area contributed by atoms with Crippen molar-refractivity contribution in [1.82, 2.24) is 9.38 Å². The highest BCUT2D eigenvalue weighted by atomic mass is 35.5. The number of nitro groups is 1. The number of hydrogen-bond acceptors (Lipinski definition) is 3. The summed E-state index contributed by atoms with van der Waals surface area (Å²) in [7, 11) is 0. The second kappa shape index (κ2) is 6.67. The number of fused-ring (bicyclic) bond motifs is 3. The average Bonchev–Trinajstić information content (AvgIpc) is 3.00. The Hall–Kier alpha value is -2.92. The SMILES string of the molecule is Cc1nc(-c2ccccc2)n2c(c1C)c(CCCl)c1cc([N+](=O)[O-])ccc12. The zero-order valence-corrected chi connectivity index (χ0v) is 15.8. The molecule has 27 heavy (non-hydrogen) atoms. The van der Waals surface area contributed by atoms with Crippen LogP contribution < -0.4 is 0 Å². The van der Waals surface area contributed by atoms with E-state index in [-0.39, 0.29) is 10.6 Å². The molecule has 0 atom stereocenters. The number of nitrogens with zero attached hydrogens (tertiary/aromatic N) is 3. The van der Waals surface area contributed by atoms with Gasteiger partial charge in [0.05, 0.1) is 16.0 Å². The first-order chi connectivity index (χ1) is 13.0. The molecule has 2 heterocycles. The molecule has 0 fully saturated rings. The summed E-state index contributed by atoms with van der Waals surface area (Å²) in [5.41, 5.74) is 6.06. The topological polar surface area (TPSA) is 60.4 Å². The van der Waals surface area contributed by atoms with Crippen molar-refractivity contribution in [2.24, 2.45) is 0 Å². The van der Waals surface area contributed by atoms with E-state index in [0.29, 0.717) is 12.3 Å². The number of alkyl halides is 1. The fourth-order valence-corrected chi connectivity index (χ4v) is 3.85. The van der Waals surface area contributed by atoms with Crippen LogP contribution in [0.4, 0.5) is 5.69 Å². The lowest BCUT2D eigenvalue weighted by Gasteiger charge is -2.12. The van der Waals surface area contributed by atoms with E-state index in [9.17, 15) is 10.1 Å². The molecular weight excluding hydrogens is 362 g/mol. The Balaban J connectivity index is 2.21. The van der Waals surface area contributed by atoms with Crippen LogP contribution in [0, 0.1) is 24.0 Å². The summed E-state index contributed by atoms with van der Waals surface area (Å²) >= 11 is 6.09. The van der Waals surface area contributed by atoms with Crippen LogP contribution in [0.5, 0.6) is 0 Å². The Morgan fingerprint density at radius 2 is 1.89 bits per heavy atom. The van der Waals surface area contributed by atoms with E-state index in [1.165, 1.54) is 0 Å². The van der Waals surface area contributed by atoms with E-state index >= 15 is 0 Å². The minimum atomic E-state index is -0.360. The molecule has 0 N–H and O–H groups in total. The van der Waals surface area contributed by atoms with Crippen LogP contribution >= 0.6 is 11.6 Å². The van der Waals surface area contributed by atoms with Gasteiger partial charge in [0.25, 0.3) is 5.69 Å². The average molecular weight is 380 g/mol. The number of aromatic nitrogens is 2. The maximum absolute atomic E-state index is 11.3. The van der Waals surface area contributed by atoms with Gasteiger partial charge in [0.15, 0.2) is 0 Å². The summed E-state index contributed by atoms with van der Waals surface area (Å²) in [6.45, 7) is 4.03. The van der Waals surface area contributed by atoms with E-state index in [0.717, 1.165) is 44.6 Å². The van der Waals surface area contributed by atoms with Crippen LogP contribution in [-0.4, -0.2) is 20.2 Å². The third kappa shape index (κ3) is 2.75. The molecule has 5 nitrogen and oxygen atoms in total. The Morgan fingerprint density at radius 3 is 2.56 bits per heavy atom. The minimum Gasteiger partial charge on any atom is -0.293 e. The molecule has 4 rings (SSSR count). The molecule has 0 aliphatic rings. The van der Waals surface area contributed by atoms with Gasteiger partial charge in [0, 0.05) is 34.7 Å². The quantitative estimate of drug-likeness (QED) is 0.268. The number of halogens is 1. The van der Waals surface area contributed by atoms with Gasteiger partial charge in [-0.25, -0.2) is 4.98 Å². The van der Waals surface area contributed by atoms with Crippen LogP contribution in [0.1, 0.15) is 16.8 Å². The lowest BCUT2D eigenvalue weighted by atomic mass is 10.1. The smallest absolute Gasteiger partial charge is 0.270 e. The molecule has 0 unspecified atom stereocenters. The molecule has 0 aliphatic carbocycles. The van der Waals surface area contributed by atoms with Crippen molar-refractivity contribution in [2.45, 2.75) is 20.3 Å². The van der Waals surface area contributed by atoms with E-state index in [1.54, 1.807) is 18.2 Å². The summed E-state index contributed by atoms with van der Waals surface area (Å²) in [6, 6.07) is 15.0. The van der Waals surface area contributed by atoms with Gasteiger partial charge in [-0.3, -0.25) is 14.5 Å². The van der Waals surface area contributed by atoms with Gasteiger partial charge in [-0.05, 0) is 37.5 Å². The fourth-order valence-electron chi connectivity index (χ4n) is 3.66. The number of non-ortho nitro benzene ring substituents is 1. The van der Waals surface area contributed by atoms with Gasteiger partial charge in [0.2, 0.25) is 0 Å². The van der Waals surface area contributed by atoms with Gasteiger partial charge in [-0.15, -0.1) is 11.6 Å². The third-order valence-corrected chi connectivity index (χ3v) is 5.22. The molecule has 0 saturated heterocycles. The predicted octanol–water partition coefficient (Wildman–Crippen LogP) is 5.46. The van der Waals surface area contributed by atoms with Crippen molar-refractivity contribution in [3.05, 3.63) is 75.5 Å². The number of rotatable bonds is 4. The first kappa shape index (κ1) is 17.5. The number of aryl methyl sites for hydroxylation is 3. The van der Waals surface area contributed by atoms with Crippen molar-refractivity contribution in [2.75, 3.05) is 5.88 Å². The maximum atomic E-state index is 11.3. The summed E-state index contributed by atoms with van der Waals surface area (Å²) < 4.78 is 2.11. The Kier molecular flexibility index (Phi) is 4.32. The normalized spacial score (nSPS) is 11.4. The molecule has 0 saturated carbocycles. The van der Waals surface area contributed by atoms with Crippen LogP contribution in [0.3, 0.4) is 0 Å². The molecule has 2 aromatic heterocycles. The van der Waals surface area contributed by atoms with Crippen LogP contribution in [0.15, 0.2) is 48.5 Å². The highest BCUT2D eigenvalue weighted by Crippen LogP contribution is 2.35. The van der Waals surface area contributed by atoms with E-state index in [2.05, 4.69) is 4.40 Å². The summed E-state index contributed by atoms with van der Waals surface area (Å²) in [4.78, 5) is 15.8. The van der Waals surface area contributed by atoms with Gasteiger partial charge in [-0.1, -0.05) is 30.3 Å². The maximum Gasteiger partial charge on any atom is 0.270 e. The molecular formula is C21H18ClN3O2. The molecule has 2 aromatic carbocycles. The first-order valence-electron chi connectivity index (χ1n) is 8.73. The van der Waals surface area contributed by atoms with Crippen molar-refractivity contribution < 1.29 is 4.92 Å². The zero-order valence-electron chi connectivity index (χ0n) is 15.1. The highest BCUT2D eigenvalue weighted by molar-refractivity contribution is 6.18. The van der Waals surface area contributed by atoms with Crippen LogP contribution in [0.2, 0.25) is 0 Å². The minimum absolute atomic E-state index is 0.0813. The Morgan fingerprint density at radius 1 is 1.15 bits per heavy atom. The molecule has 4 aromatic rings. The molecule has 0 spiro atoms. The van der Waals surface area contributed by atoms with E-state index in [1.807, 2.05) is 44.2 Å². The number of benzene rings is 2. The van der Waals surface area contributed by atoms with Gasteiger partial charge in [0.1, 0.15) is 5.82 Å². The van der Waals surface area contributed by atoms with Crippen LogP contribution in [-0.2, 0) is 6.42 Å². The molecule has 0 radical (unpaired) electrons. The third-order valence-electron chi connectivity index (χ3n) is 5.03. The van der Waals surface area contributed by atoms with E-state index < -0.39 is 0 Å². The second-order valence-corrected chi connectivity index (χ2v) is 6.95. The van der Waals surface area contributed by atoms with Gasteiger partial charge in [-0.2, -0.15) is 0 Å². The Bertz CT molecular complexity index is 1180. The largest absolute Gasteiger partial charge is 0.293 e. The van der Waals surface area contributed by atoms with Gasteiger partial charge < -0.3 is 0 Å². The summed E-state index contributed by atoms with van der Waals surface area (Å²) in [5.74, 6) is 1.27. The second-order valence-electron chi connectivity index (χ2n) is 6.57. The lowest BCUT2D eigenvalue weighted by molar-refractivity contribution is -0.384. The van der Waals surface area contributed by atoms with E-state index in [4.69, 9.17) is 16.6 Å². The van der Waals surface area contributed by atoms with Gasteiger partial charge >= 0.3 is 0 Å². The highest BCUT2D eigenvalue weighted by Gasteiger charge is 2.21. The predicted molar refractivity (Wildman–Crippen MR) is 109 cm³/mol.